The molecule has 1 rings (SSSR count). The number of nitrogens with one attached hydrogen (secondary N) is 1. The van der Waals surface area contributed by atoms with Crippen molar-refractivity contribution in [3.63, 3.8) is 0 Å². The summed E-state index contributed by atoms with van der Waals surface area (Å²) in [6, 6.07) is 6.52. The molecule has 1 aromatic carbocycles. The van der Waals surface area contributed by atoms with Crippen LogP contribution in [0.4, 0.5) is 4.39 Å². The Bertz CT molecular complexity index is 369. The van der Waals surface area contributed by atoms with Gasteiger partial charge in [0.1, 0.15) is 5.82 Å². The van der Waals surface area contributed by atoms with Gasteiger partial charge in [0.25, 0.3) is 0 Å². The molecule has 0 bridgehead atoms. The maximum atomic E-state index is 13.5. The lowest BCUT2D eigenvalue weighted by molar-refractivity contribution is 0.0230. The van der Waals surface area contributed by atoms with Crippen molar-refractivity contribution in [2.24, 2.45) is 0 Å². The van der Waals surface area contributed by atoms with E-state index < -0.39 is 5.60 Å². The molecule has 0 aliphatic carbocycles. The van der Waals surface area contributed by atoms with Gasteiger partial charge < -0.3 is 15.2 Å². The van der Waals surface area contributed by atoms with E-state index in [9.17, 15) is 9.50 Å². The molecule has 0 saturated heterocycles. The third-order valence-corrected chi connectivity index (χ3v) is 3.01. The number of aliphatic hydroxyl groups is 1. The summed E-state index contributed by atoms with van der Waals surface area (Å²) in [7, 11) is 1.60. The van der Waals surface area contributed by atoms with Gasteiger partial charge in [-0.15, -0.1) is 0 Å². The van der Waals surface area contributed by atoms with Crippen molar-refractivity contribution in [1.29, 1.82) is 0 Å². The summed E-state index contributed by atoms with van der Waals surface area (Å²) in [5.74, 6) is -0.228. The van der Waals surface area contributed by atoms with Crippen molar-refractivity contribution in [3.8, 4) is 0 Å². The number of methoxy groups -OCH3 is 1. The Labute approximate surface area is 108 Å². The van der Waals surface area contributed by atoms with Gasteiger partial charge in [-0.3, -0.25) is 0 Å². The Morgan fingerprint density at radius 3 is 2.72 bits per heavy atom. The summed E-state index contributed by atoms with van der Waals surface area (Å²) in [4.78, 5) is 0. The molecule has 1 aromatic rings. The van der Waals surface area contributed by atoms with Crippen LogP contribution in [-0.4, -0.2) is 31.0 Å². The number of benzene rings is 1. The molecule has 0 radical (unpaired) electrons. The average molecular weight is 255 g/mol. The summed E-state index contributed by atoms with van der Waals surface area (Å²) < 4.78 is 18.5. The molecule has 2 unspecified atom stereocenters. The number of hydrogen-bond donors (Lipinski definition) is 2. The minimum Gasteiger partial charge on any atom is -0.389 e. The van der Waals surface area contributed by atoms with E-state index in [-0.39, 0.29) is 11.9 Å². The second kappa shape index (κ2) is 6.83. The zero-order valence-electron chi connectivity index (χ0n) is 11.2. The first-order chi connectivity index (χ1) is 8.46. The molecule has 2 atom stereocenters. The SMILES string of the molecule is COCCC(C)(O)CNC(C)c1ccccc1F. The van der Waals surface area contributed by atoms with E-state index in [1.165, 1.54) is 6.07 Å². The predicted molar refractivity (Wildman–Crippen MR) is 69.9 cm³/mol. The quantitative estimate of drug-likeness (QED) is 0.785. The lowest BCUT2D eigenvalue weighted by Crippen LogP contribution is -2.39. The van der Waals surface area contributed by atoms with Crippen molar-refractivity contribution < 1.29 is 14.2 Å². The predicted octanol–water partition coefficient (Wildman–Crippen LogP) is 2.26. The van der Waals surface area contributed by atoms with Gasteiger partial charge >= 0.3 is 0 Å². The average Bonchev–Trinajstić information content (AvgIpc) is 2.34. The lowest BCUT2D eigenvalue weighted by atomic mass is 10.0. The van der Waals surface area contributed by atoms with Gasteiger partial charge in [-0.2, -0.15) is 0 Å². The molecule has 102 valence electrons. The highest BCUT2D eigenvalue weighted by Crippen LogP contribution is 2.17. The first kappa shape index (κ1) is 15.1. The third-order valence-electron chi connectivity index (χ3n) is 3.01. The molecule has 2 N–H and O–H groups in total. The van der Waals surface area contributed by atoms with E-state index in [1.807, 2.05) is 6.92 Å². The fourth-order valence-corrected chi connectivity index (χ4v) is 1.72. The Morgan fingerprint density at radius 2 is 2.11 bits per heavy atom. The zero-order valence-corrected chi connectivity index (χ0v) is 11.2. The van der Waals surface area contributed by atoms with Crippen LogP contribution in [0.3, 0.4) is 0 Å². The van der Waals surface area contributed by atoms with Crippen LogP contribution in [0.5, 0.6) is 0 Å². The van der Waals surface area contributed by atoms with Crippen molar-refractivity contribution in [3.05, 3.63) is 35.6 Å². The molecule has 3 nitrogen and oxygen atoms in total. The molecule has 0 spiro atoms. The van der Waals surface area contributed by atoms with Crippen LogP contribution in [0.25, 0.3) is 0 Å². The van der Waals surface area contributed by atoms with E-state index >= 15 is 0 Å². The number of ether oxygens (including phenoxy) is 1. The maximum absolute atomic E-state index is 13.5. The van der Waals surface area contributed by atoms with Gasteiger partial charge in [-0.1, -0.05) is 18.2 Å². The number of rotatable bonds is 7. The highest BCUT2D eigenvalue weighted by atomic mass is 19.1. The Morgan fingerprint density at radius 1 is 1.44 bits per heavy atom. The monoisotopic (exact) mass is 255 g/mol. The second-order valence-electron chi connectivity index (χ2n) is 4.86. The molecule has 0 fully saturated rings. The Hall–Kier alpha value is -0.970. The smallest absolute Gasteiger partial charge is 0.127 e. The van der Waals surface area contributed by atoms with Crippen LogP contribution in [0.15, 0.2) is 24.3 Å². The minimum absolute atomic E-state index is 0.139. The molecule has 0 aromatic heterocycles. The zero-order chi connectivity index (χ0) is 13.6. The van der Waals surface area contributed by atoms with E-state index in [2.05, 4.69) is 5.32 Å². The van der Waals surface area contributed by atoms with Crippen LogP contribution in [-0.2, 0) is 4.74 Å². The van der Waals surface area contributed by atoms with Crippen molar-refractivity contribution in [1.82, 2.24) is 5.32 Å². The highest BCUT2D eigenvalue weighted by molar-refractivity contribution is 5.20. The van der Waals surface area contributed by atoms with Gasteiger partial charge in [0, 0.05) is 38.3 Å². The van der Waals surface area contributed by atoms with Crippen LogP contribution in [0, 0.1) is 5.82 Å². The van der Waals surface area contributed by atoms with Crippen LogP contribution in [0.2, 0.25) is 0 Å². The molecule has 0 aliphatic rings. The summed E-state index contributed by atoms with van der Waals surface area (Å²) in [6.45, 7) is 4.52. The molecule has 0 saturated carbocycles. The largest absolute Gasteiger partial charge is 0.389 e. The standard InChI is InChI=1S/C14H22FNO2/c1-11(12-6-4-5-7-13(12)15)16-10-14(2,17)8-9-18-3/h4-7,11,16-17H,8-10H2,1-3H3. The van der Waals surface area contributed by atoms with E-state index in [0.717, 1.165) is 0 Å². The molecule has 0 heterocycles. The van der Waals surface area contributed by atoms with E-state index in [1.54, 1.807) is 32.2 Å². The highest BCUT2D eigenvalue weighted by Gasteiger charge is 2.21. The summed E-state index contributed by atoms with van der Waals surface area (Å²) >= 11 is 0. The fraction of sp³-hybridized carbons (Fsp3) is 0.571. The van der Waals surface area contributed by atoms with Gasteiger partial charge in [0.05, 0.1) is 5.60 Å². The molecule has 0 amide bonds. The lowest BCUT2D eigenvalue weighted by Gasteiger charge is -2.26. The van der Waals surface area contributed by atoms with Crippen molar-refractivity contribution in [2.45, 2.75) is 31.9 Å². The van der Waals surface area contributed by atoms with Gasteiger partial charge in [-0.25, -0.2) is 4.39 Å². The van der Waals surface area contributed by atoms with E-state index in [0.29, 0.717) is 25.1 Å². The molecule has 4 heteroatoms. The molecular formula is C14H22FNO2. The summed E-state index contributed by atoms with van der Waals surface area (Å²) in [5.41, 5.74) is -0.241. The molecule has 18 heavy (non-hydrogen) atoms. The Kier molecular flexibility index (Phi) is 5.72. The van der Waals surface area contributed by atoms with Gasteiger partial charge in [0.15, 0.2) is 0 Å². The topological polar surface area (TPSA) is 41.5 Å². The van der Waals surface area contributed by atoms with Crippen molar-refractivity contribution in [2.75, 3.05) is 20.3 Å². The maximum Gasteiger partial charge on any atom is 0.127 e. The number of halogens is 1. The fourth-order valence-electron chi connectivity index (χ4n) is 1.72. The van der Waals surface area contributed by atoms with Gasteiger partial charge in [-0.05, 0) is 19.9 Å². The third kappa shape index (κ3) is 4.72. The van der Waals surface area contributed by atoms with Crippen LogP contribution in [0.1, 0.15) is 31.9 Å². The normalized spacial score (nSPS) is 16.3. The number of hydrogen-bond acceptors (Lipinski definition) is 3. The van der Waals surface area contributed by atoms with Gasteiger partial charge in [0.2, 0.25) is 0 Å². The summed E-state index contributed by atoms with van der Waals surface area (Å²) in [6.07, 6.45) is 0.542. The second-order valence-corrected chi connectivity index (χ2v) is 4.86. The molecular weight excluding hydrogens is 233 g/mol. The van der Waals surface area contributed by atoms with Crippen LogP contribution >= 0.6 is 0 Å². The first-order valence-corrected chi connectivity index (χ1v) is 6.15. The summed E-state index contributed by atoms with van der Waals surface area (Å²) in [5, 5.41) is 13.2. The Balaban J connectivity index is 2.51. The van der Waals surface area contributed by atoms with Crippen molar-refractivity contribution >= 4 is 0 Å². The first-order valence-electron chi connectivity index (χ1n) is 6.15. The van der Waals surface area contributed by atoms with Crippen LogP contribution < -0.4 is 5.32 Å². The van der Waals surface area contributed by atoms with E-state index in [4.69, 9.17) is 4.74 Å². The molecule has 0 aliphatic heterocycles. The minimum atomic E-state index is -0.852.